The maximum Gasteiger partial charge on any atom is 0.352 e. The second-order valence-corrected chi connectivity index (χ2v) is 4.04. The average molecular weight is 233 g/mol. The Kier molecular flexibility index (Phi) is 2.99. The van der Waals surface area contributed by atoms with Crippen molar-refractivity contribution in [1.29, 1.82) is 0 Å². The van der Waals surface area contributed by atoms with Gasteiger partial charge in [-0.05, 0) is 24.6 Å². The molecule has 1 N–H and O–H groups in total. The minimum atomic E-state index is -0.877. The summed E-state index contributed by atoms with van der Waals surface area (Å²) in [5.41, 5.74) is 2.25. The first-order chi connectivity index (χ1) is 8.09. The summed E-state index contributed by atoms with van der Waals surface area (Å²) in [5, 5.41) is 13.2. The van der Waals surface area contributed by atoms with Crippen molar-refractivity contribution in [1.82, 2.24) is 14.3 Å². The van der Waals surface area contributed by atoms with Crippen LogP contribution in [0.25, 0.3) is 0 Å². The first kappa shape index (κ1) is 11.4. The van der Waals surface area contributed by atoms with Gasteiger partial charge in [0, 0.05) is 38.1 Å². The number of aromatic nitrogens is 3. The van der Waals surface area contributed by atoms with E-state index < -0.39 is 5.97 Å². The lowest BCUT2D eigenvalue weighted by atomic mass is 10.2. The number of hydrogen-bond donors (Lipinski definition) is 1. The molecule has 0 radical (unpaired) electrons. The van der Waals surface area contributed by atoms with E-state index in [9.17, 15) is 4.79 Å². The third kappa shape index (κ3) is 2.22. The van der Waals surface area contributed by atoms with Gasteiger partial charge in [0.2, 0.25) is 0 Å². The smallest absolute Gasteiger partial charge is 0.352 e. The van der Waals surface area contributed by atoms with Crippen LogP contribution < -0.4 is 0 Å². The number of hydrogen-bond acceptors (Lipinski definition) is 2. The predicted octanol–water partition coefficient (Wildman–Crippen LogP) is 1.47. The Balaban J connectivity index is 2.15. The maximum absolute atomic E-state index is 11.1. The van der Waals surface area contributed by atoms with Crippen LogP contribution in [0.2, 0.25) is 0 Å². The molecule has 0 unspecified atom stereocenters. The van der Waals surface area contributed by atoms with Gasteiger partial charge < -0.3 is 9.67 Å². The van der Waals surface area contributed by atoms with Crippen molar-refractivity contribution in [2.24, 2.45) is 7.05 Å². The number of carboxylic acid groups (broad SMARTS) is 1. The van der Waals surface area contributed by atoms with Crippen molar-refractivity contribution in [3.63, 3.8) is 0 Å². The number of aryl methyl sites for hydroxylation is 4. The summed E-state index contributed by atoms with van der Waals surface area (Å²) in [7, 11) is 1.88. The Labute approximate surface area is 99.3 Å². The van der Waals surface area contributed by atoms with E-state index in [1.807, 2.05) is 32.3 Å². The topological polar surface area (TPSA) is 60.0 Å². The number of aromatic carboxylic acids is 1. The Morgan fingerprint density at radius 2 is 2.24 bits per heavy atom. The molecule has 0 aliphatic rings. The first-order valence-corrected chi connectivity index (χ1v) is 5.45. The van der Waals surface area contributed by atoms with Crippen LogP contribution in [0.15, 0.2) is 24.5 Å². The lowest BCUT2D eigenvalue weighted by Gasteiger charge is -2.07. The summed E-state index contributed by atoms with van der Waals surface area (Å²) in [4.78, 5) is 11.1. The Morgan fingerprint density at radius 3 is 2.82 bits per heavy atom. The zero-order valence-corrected chi connectivity index (χ0v) is 9.92. The molecular formula is C12H15N3O2. The monoisotopic (exact) mass is 233 g/mol. The first-order valence-electron chi connectivity index (χ1n) is 5.45. The highest BCUT2D eigenvalue weighted by atomic mass is 16.4. The Morgan fingerprint density at radius 1 is 1.47 bits per heavy atom. The van der Waals surface area contributed by atoms with E-state index in [2.05, 4.69) is 5.10 Å². The average Bonchev–Trinajstić information content (AvgIpc) is 2.82. The van der Waals surface area contributed by atoms with Crippen molar-refractivity contribution < 1.29 is 9.90 Å². The van der Waals surface area contributed by atoms with Crippen molar-refractivity contribution in [3.05, 3.63) is 41.5 Å². The van der Waals surface area contributed by atoms with Gasteiger partial charge in [-0.3, -0.25) is 4.68 Å². The van der Waals surface area contributed by atoms with E-state index in [0.717, 1.165) is 17.7 Å². The molecule has 0 spiro atoms. The van der Waals surface area contributed by atoms with Crippen molar-refractivity contribution in [2.75, 3.05) is 0 Å². The zero-order valence-electron chi connectivity index (χ0n) is 9.92. The third-order valence-corrected chi connectivity index (χ3v) is 2.90. The Bertz CT molecular complexity index is 540. The maximum atomic E-state index is 11.1. The van der Waals surface area contributed by atoms with Gasteiger partial charge in [-0.1, -0.05) is 0 Å². The van der Waals surface area contributed by atoms with Crippen LogP contribution in [-0.4, -0.2) is 25.4 Å². The number of carboxylic acids is 1. The largest absolute Gasteiger partial charge is 0.477 e. The highest BCUT2D eigenvalue weighted by molar-refractivity contribution is 5.87. The van der Waals surface area contributed by atoms with Gasteiger partial charge >= 0.3 is 5.97 Å². The molecule has 0 saturated heterocycles. The highest BCUT2D eigenvalue weighted by Gasteiger charge is 2.13. The van der Waals surface area contributed by atoms with Crippen LogP contribution >= 0.6 is 0 Å². The summed E-state index contributed by atoms with van der Waals surface area (Å²) in [6.45, 7) is 2.46. The molecule has 0 fully saturated rings. The molecule has 17 heavy (non-hydrogen) atoms. The molecule has 0 aromatic carbocycles. The predicted molar refractivity (Wildman–Crippen MR) is 63.0 cm³/mol. The van der Waals surface area contributed by atoms with Crippen LogP contribution in [0, 0.1) is 6.92 Å². The summed E-state index contributed by atoms with van der Waals surface area (Å²) in [6, 6.07) is 3.77. The summed E-state index contributed by atoms with van der Waals surface area (Å²) >= 11 is 0. The van der Waals surface area contributed by atoms with Crippen LogP contribution in [0.1, 0.15) is 21.7 Å². The number of rotatable bonds is 4. The molecule has 2 rings (SSSR count). The molecule has 0 aliphatic heterocycles. The number of nitrogens with zero attached hydrogens (tertiary/aromatic N) is 3. The van der Waals surface area contributed by atoms with Gasteiger partial charge in [-0.25, -0.2) is 4.79 Å². The molecule has 0 aliphatic carbocycles. The fourth-order valence-corrected chi connectivity index (χ4v) is 1.94. The van der Waals surface area contributed by atoms with Crippen LogP contribution in [0.4, 0.5) is 0 Å². The molecule has 2 aromatic heterocycles. The molecule has 5 heteroatoms. The molecular weight excluding hydrogens is 218 g/mol. The van der Waals surface area contributed by atoms with Crippen molar-refractivity contribution in [2.45, 2.75) is 19.9 Å². The molecule has 2 aromatic rings. The van der Waals surface area contributed by atoms with E-state index in [-0.39, 0.29) is 0 Å². The second kappa shape index (κ2) is 4.45. The van der Waals surface area contributed by atoms with Crippen LogP contribution in [-0.2, 0) is 20.0 Å². The summed E-state index contributed by atoms with van der Waals surface area (Å²) < 4.78 is 3.57. The van der Waals surface area contributed by atoms with E-state index in [0.29, 0.717) is 12.2 Å². The lowest BCUT2D eigenvalue weighted by Crippen LogP contribution is -2.11. The van der Waals surface area contributed by atoms with Gasteiger partial charge in [0.05, 0.1) is 0 Å². The molecule has 2 heterocycles. The Hall–Kier alpha value is -2.04. The van der Waals surface area contributed by atoms with Crippen LogP contribution in [0.5, 0.6) is 0 Å². The fourth-order valence-electron chi connectivity index (χ4n) is 1.94. The molecule has 5 nitrogen and oxygen atoms in total. The molecule has 0 bridgehead atoms. The normalized spacial score (nSPS) is 10.7. The lowest BCUT2D eigenvalue weighted by molar-refractivity contribution is 0.0684. The SMILES string of the molecule is Cc1ccn(CCc2ccnn2C)c1C(=O)O. The van der Waals surface area contributed by atoms with Crippen molar-refractivity contribution in [3.8, 4) is 0 Å². The summed E-state index contributed by atoms with van der Waals surface area (Å²) in [6.07, 6.45) is 4.33. The zero-order chi connectivity index (χ0) is 12.4. The number of carbonyl (C=O) groups is 1. The van der Waals surface area contributed by atoms with Gasteiger partial charge in [0.25, 0.3) is 0 Å². The second-order valence-electron chi connectivity index (χ2n) is 4.04. The van der Waals surface area contributed by atoms with Gasteiger partial charge in [0.1, 0.15) is 5.69 Å². The fraction of sp³-hybridized carbons (Fsp3) is 0.333. The van der Waals surface area contributed by atoms with E-state index >= 15 is 0 Å². The molecule has 0 saturated carbocycles. The minimum Gasteiger partial charge on any atom is -0.477 e. The van der Waals surface area contributed by atoms with Crippen LogP contribution in [0.3, 0.4) is 0 Å². The van der Waals surface area contributed by atoms with Crippen molar-refractivity contribution >= 4 is 5.97 Å². The highest BCUT2D eigenvalue weighted by Crippen LogP contribution is 2.11. The molecule has 90 valence electrons. The van der Waals surface area contributed by atoms with Gasteiger partial charge in [-0.15, -0.1) is 0 Å². The summed E-state index contributed by atoms with van der Waals surface area (Å²) in [5.74, 6) is -0.877. The third-order valence-electron chi connectivity index (χ3n) is 2.90. The molecule has 0 amide bonds. The quantitative estimate of drug-likeness (QED) is 0.870. The van der Waals surface area contributed by atoms with Gasteiger partial charge in [0.15, 0.2) is 0 Å². The standard InChI is InChI=1S/C12H15N3O2/c1-9-4-7-15(11(9)12(16)17)8-5-10-3-6-13-14(10)2/h3-4,6-7H,5,8H2,1-2H3,(H,16,17). The van der Waals surface area contributed by atoms with Gasteiger partial charge in [-0.2, -0.15) is 5.10 Å². The van der Waals surface area contributed by atoms with E-state index in [4.69, 9.17) is 5.11 Å². The van der Waals surface area contributed by atoms with E-state index in [1.54, 1.807) is 15.4 Å². The van der Waals surface area contributed by atoms with E-state index in [1.165, 1.54) is 0 Å². The molecule has 0 atom stereocenters. The minimum absolute atomic E-state index is 0.368.